The molecule has 2 aromatic rings. The third kappa shape index (κ3) is 4.27. The molecule has 1 saturated carbocycles. The van der Waals surface area contributed by atoms with Gasteiger partial charge in [-0.25, -0.2) is 4.68 Å². The molecule has 1 unspecified atom stereocenters. The fraction of sp³-hybridized carbons (Fsp3) is 0.565. The lowest BCUT2D eigenvalue weighted by Crippen LogP contribution is -2.55. The van der Waals surface area contributed by atoms with E-state index in [1.807, 2.05) is 0 Å². The highest BCUT2D eigenvalue weighted by Crippen LogP contribution is 2.34. The number of rotatable bonds is 5. The third-order valence-electron chi connectivity index (χ3n) is 7.20. The maximum absolute atomic E-state index is 13.7. The minimum Gasteiger partial charge on any atom is -0.368 e. The maximum atomic E-state index is 13.7. The predicted octanol–water partition coefficient (Wildman–Crippen LogP) is 1.16. The Hall–Kier alpha value is -3.14. The maximum Gasteiger partial charge on any atom is 0.252 e. The van der Waals surface area contributed by atoms with E-state index in [1.54, 1.807) is 29.2 Å². The number of carbonyl (C=O) groups is 3. The van der Waals surface area contributed by atoms with Gasteiger partial charge in [-0.2, -0.15) is 0 Å². The van der Waals surface area contributed by atoms with Crippen molar-refractivity contribution in [1.29, 1.82) is 0 Å². The molecule has 1 aromatic heterocycles. The molecule has 5 rings (SSSR count). The average molecular weight is 453 g/mol. The minimum atomic E-state index is -0.672. The van der Waals surface area contributed by atoms with Crippen molar-refractivity contribution in [3.63, 3.8) is 0 Å². The number of aromatic nitrogens is 4. The van der Waals surface area contributed by atoms with Gasteiger partial charge in [-0.15, -0.1) is 5.10 Å². The molecule has 0 spiro atoms. The van der Waals surface area contributed by atoms with Crippen molar-refractivity contribution >= 4 is 17.6 Å². The van der Waals surface area contributed by atoms with Crippen LogP contribution >= 0.6 is 0 Å². The molecule has 1 N–H and O–H groups in total. The molecule has 3 heterocycles. The van der Waals surface area contributed by atoms with Crippen molar-refractivity contribution in [2.75, 3.05) is 13.2 Å². The zero-order valence-corrected chi connectivity index (χ0v) is 18.6. The predicted molar refractivity (Wildman–Crippen MR) is 116 cm³/mol. The molecule has 2 amide bonds. The first kappa shape index (κ1) is 21.7. The Bertz CT molecular complexity index is 1030. The SMILES string of the molecule is CC1CCC(C(NC(=O)c2cccc(-n3cnnn3)c2)C(=O)N2CC[C@H]3OCC(=O)[C@H]32)CC1. The highest BCUT2D eigenvalue weighted by atomic mass is 16.5. The van der Waals surface area contributed by atoms with Crippen LogP contribution in [0.5, 0.6) is 0 Å². The molecule has 10 nitrogen and oxygen atoms in total. The summed E-state index contributed by atoms with van der Waals surface area (Å²) in [6.45, 7) is 2.75. The number of ketones is 1. The fourth-order valence-corrected chi connectivity index (χ4v) is 5.31. The van der Waals surface area contributed by atoms with Crippen LogP contribution in [-0.4, -0.2) is 74.0 Å². The number of hydrogen-bond donors (Lipinski definition) is 1. The van der Waals surface area contributed by atoms with Gasteiger partial charge in [-0.1, -0.05) is 25.8 Å². The Balaban J connectivity index is 1.38. The second-order valence-electron chi connectivity index (χ2n) is 9.36. The average Bonchev–Trinajstić information content (AvgIpc) is 3.58. The highest BCUT2D eigenvalue weighted by molar-refractivity contribution is 5.99. The lowest BCUT2D eigenvalue weighted by atomic mass is 9.78. The zero-order chi connectivity index (χ0) is 22.9. The summed E-state index contributed by atoms with van der Waals surface area (Å²) in [6.07, 6.45) is 5.66. The van der Waals surface area contributed by atoms with Crippen LogP contribution in [0.1, 0.15) is 49.4 Å². The molecule has 1 aromatic carbocycles. The van der Waals surface area contributed by atoms with Gasteiger partial charge in [0.15, 0.2) is 5.78 Å². The Morgan fingerprint density at radius 1 is 1.18 bits per heavy atom. The second-order valence-corrected chi connectivity index (χ2v) is 9.36. The van der Waals surface area contributed by atoms with Gasteiger partial charge >= 0.3 is 0 Å². The van der Waals surface area contributed by atoms with E-state index in [2.05, 4.69) is 27.8 Å². The van der Waals surface area contributed by atoms with Crippen LogP contribution in [-0.2, 0) is 14.3 Å². The Labute approximate surface area is 191 Å². The van der Waals surface area contributed by atoms with Crippen LogP contribution in [0.2, 0.25) is 0 Å². The molecular weight excluding hydrogens is 424 g/mol. The number of likely N-dealkylation sites (tertiary alicyclic amines) is 1. The minimum absolute atomic E-state index is 0.0387. The summed E-state index contributed by atoms with van der Waals surface area (Å²) < 4.78 is 7.03. The summed E-state index contributed by atoms with van der Waals surface area (Å²) in [6, 6.07) is 5.75. The lowest BCUT2D eigenvalue weighted by molar-refractivity contribution is -0.139. The summed E-state index contributed by atoms with van der Waals surface area (Å²) in [5, 5.41) is 14.1. The van der Waals surface area contributed by atoms with Gasteiger partial charge in [0.2, 0.25) is 5.91 Å². The summed E-state index contributed by atoms with van der Waals surface area (Å²) in [5.74, 6) is 0.0957. The van der Waals surface area contributed by atoms with Crippen molar-refractivity contribution in [2.45, 2.75) is 57.2 Å². The van der Waals surface area contributed by atoms with Crippen LogP contribution < -0.4 is 5.32 Å². The number of benzene rings is 1. The smallest absolute Gasteiger partial charge is 0.252 e. The molecule has 10 heteroatoms. The van der Waals surface area contributed by atoms with Crippen molar-refractivity contribution in [1.82, 2.24) is 30.4 Å². The number of tetrazole rings is 1. The van der Waals surface area contributed by atoms with Crippen LogP contribution in [0.15, 0.2) is 30.6 Å². The lowest BCUT2D eigenvalue weighted by Gasteiger charge is -2.35. The van der Waals surface area contributed by atoms with E-state index in [0.717, 1.165) is 25.7 Å². The number of ether oxygens (including phenoxy) is 1. The second kappa shape index (κ2) is 9.01. The first-order chi connectivity index (χ1) is 16.0. The number of nitrogens with one attached hydrogen (secondary N) is 1. The molecule has 0 bridgehead atoms. The van der Waals surface area contributed by atoms with Gasteiger partial charge in [0, 0.05) is 12.1 Å². The first-order valence-electron chi connectivity index (χ1n) is 11.6. The standard InChI is InChI=1S/C23H28N6O4/c1-14-5-7-15(8-6-14)20(23(32)28-10-9-19-21(28)18(30)12-33-19)25-22(31)16-3-2-4-17(11-16)29-13-24-26-27-29/h2-4,11,13-15,19-21H,5-10,12H2,1H3,(H,25,31)/t14?,15?,19-,20?,21-/m1/s1. The molecule has 174 valence electrons. The summed E-state index contributed by atoms with van der Waals surface area (Å²) in [4.78, 5) is 41.0. The van der Waals surface area contributed by atoms with Crippen molar-refractivity contribution < 1.29 is 19.1 Å². The van der Waals surface area contributed by atoms with E-state index < -0.39 is 12.1 Å². The van der Waals surface area contributed by atoms with E-state index in [0.29, 0.717) is 30.1 Å². The molecule has 1 aliphatic carbocycles. The van der Waals surface area contributed by atoms with Crippen LogP contribution in [0.4, 0.5) is 0 Å². The first-order valence-corrected chi connectivity index (χ1v) is 11.6. The van der Waals surface area contributed by atoms with Gasteiger partial charge in [-0.3, -0.25) is 14.4 Å². The fourth-order valence-electron chi connectivity index (χ4n) is 5.31. The van der Waals surface area contributed by atoms with Gasteiger partial charge in [-0.05, 0) is 59.7 Å². The number of amides is 2. The molecule has 3 aliphatic rings. The van der Waals surface area contributed by atoms with E-state index in [1.165, 1.54) is 11.0 Å². The number of fused-ring (bicyclic) bond motifs is 1. The number of nitrogens with zero attached hydrogens (tertiary/aromatic N) is 5. The zero-order valence-electron chi connectivity index (χ0n) is 18.6. The number of hydrogen-bond acceptors (Lipinski definition) is 7. The topological polar surface area (TPSA) is 119 Å². The van der Waals surface area contributed by atoms with Gasteiger partial charge < -0.3 is 15.0 Å². The molecule has 3 fully saturated rings. The summed E-state index contributed by atoms with van der Waals surface area (Å²) in [5.41, 5.74) is 1.07. The van der Waals surface area contributed by atoms with Crippen LogP contribution in [0.25, 0.3) is 5.69 Å². The van der Waals surface area contributed by atoms with Crippen molar-refractivity contribution in [3.8, 4) is 5.69 Å². The van der Waals surface area contributed by atoms with E-state index in [4.69, 9.17) is 4.74 Å². The summed E-state index contributed by atoms with van der Waals surface area (Å²) >= 11 is 0. The Morgan fingerprint density at radius 2 is 2.00 bits per heavy atom. The largest absolute Gasteiger partial charge is 0.368 e. The number of carbonyl (C=O) groups excluding carboxylic acids is 3. The van der Waals surface area contributed by atoms with Gasteiger partial charge in [0.25, 0.3) is 5.91 Å². The van der Waals surface area contributed by atoms with E-state index in [9.17, 15) is 14.4 Å². The molecule has 33 heavy (non-hydrogen) atoms. The molecule has 0 radical (unpaired) electrons. The molecule has 2 saturated heterocycles. The molecule has 3 atom stereocenters. The van der Waals surface area contributed by atoms with E-state index >= 15 is 0 Å². The molecule has 2 aliphatic heterocycles. The van der Waals surface area contributed by atoms with Crippen LogP contribution in [0.3, 0.4) is 0 Å². The van der Waals surface area contributed by atoms with E-state index in [-0.39, 0.29) is 36.2 Å². The summed E-state index contributed by atoms with van der Waals surface area (Å²) in [7, 11) is 0. The van der Waals surface area contributed by atoms with Crippen molar-refractivity contribution in [2.24, 2.45) is 11.8 Å². The Kier molecular flexibility index (Phi) is 5.92. The molecular formula is C23H28N6O4. The normalized spacial score (nSPS) is 27.9. The Morgan fingerprint density at radius 3 is 2.76 bits per heavy atom. The van der Waals surface area contributed by atoms with Crippen LogP contribution in [0, 0.1) is 11.8 Å². The monoisotopic (exact) mass is 452 g/mol. The third-order valence-corrected chi connectivity index (χ3v) is 7.20. The quantitative estimate of drug-likeness (QED) is 0.723. The van der Waals surface area contributed by atoms with Crippen molar-refractivity contribution in [3.05, 3.63) is 36.2 Å². The highest BCUT2D eigenvalue weighted by Gasteiger charge is 2.49. The van der Waals surface area contributed by atoms with Gasteiger partial charge in [0.05, 0.1) is 11.8 Å². The number of Topliss-reactive ketones (excluding diaryl/α,β-unsaturated/α-hetero) is 1. The van der Waals surface area contributed by atoms with Gasteiger partial charge in [0.1, 0.15) is 25.0 Å².